The maximum absolute atomic E-state index is 13.3. The second kappa shape index (κ2) is 7.97. The summed E-state index contributed by atoms with van der Waals surface area (Å²) in [7, 11) is -4.15. The van der Waals surface area contributed by atoms with E-state index in [1.807, 2.05) is 0 Å². The average molecular weight is 410 g/mol. The minimum Gasteiger partial charge on any atom is -0.464 e. The molecule has 28 heavy (non-hydrogen) atoms. The Bertz CT molecular complexity index is 1010. The molecule has 0 atom stereocenters. The summed E-state index contributed by atoms with van der Waals surface area (Å²) < 4.78 is 26.6. The molecular formula is C17H22N4O6S. The molecule has 0 radical (unpaired) electrons. The van der Waals surface area contributed by atoms with Crippen molar-refractivity contribution < 1.29 is 23.2 Å². The highest BCUT2D eigenvalue weighted by molar-refractivity contribution is 7.91. The third-order valence-electron chi connectivity index (χ3n) is 4.15. The quantitative estimate of drug-likeness (QED) is 0.547. The van der Waals surface area contributed by atoms with Gasteiger partial charge in [0.05, 0.1) is 27.2 Å². The molecule has 1 aromatic heterocycles. The summed E-state index contributed by atoms with van der Waals surface area (Å²) in [5.41, 5.74) is 0.0635. The minimum absolute atomic E-state index is 0.107. The molecule has 1 amide bonds. The number of carbonyl (C=O) groups is 1. The SMILES string of the molecule is CCc1nn(N(C(=O)O)C(C)C)c(CC)c1S(=O)(=O)c1cccc([N+](=O)[O-])c1. The molecule has 2 rings (SSSR count). The number of rotatable bonds is 7. The highest BCUT2D eigenvalue weighted by Gasteiger charge is 2.33. The van der Waals surface area contributed by atoms with E-state index in [2.05, 4.69) is 5.10 Å². The molecule has 1 aromatic carbocycles. The van der Waals surface area contributed by atoms with Gasteiger partial charge >= 0.3 is 6.09 Å². The number of aryl methyl sites for hydroxylation is 1. The summed E-state index contributed by atoms with van der Waals surface area (Å²) in [6.07, 6.45) is -0.823. The summed E-state index contributed by atoms with van der Waals surface area (Å²) in [5.74, 6) is 0. The van der Waals surface area contributed by atoms with Crippen molar-refractivity contribution in [1.82, 2.24) is 9.89 Å². The van der Waals surface area contributed by atoms with Crippen molar-refractivity contribution in [2.24, 2.45) is 0 Å². The molecule has 0 unspecified atom stereocenters. The third kappa shape index (κ3) is 3.70. The fraction of sp³-hybridized carbons (Fsp3) is 0.412. The molecule has 0 aliphatic rings. The highest BCUT2D eigenvalue weighted by atomic mass is 32.2. The molecular weight excluding hydrogens is 388 g/mol. The van der Waals surface area contributed by atoms with Crippen LogP contribution in [-0.4, -0.2) is 40.5 Å². The van der Waals surface area contributed by atoms with Gasteiger partial charge < -0.3 is 5.11 Å². The van der Waals surface area contributed by atoms with Crippen molar-refractivity contribution in [1.29, 1.82) is 0 Å². The number of aromatic nitrogens is 2. The largest absolute Gasteiger partial charge is 0.464 e. The van der Waals surface area contributed by atoms with Crippen LogP contribution in [0.5, 0.6) is 0 Å². The van der Waals surface area contributed by atoms with Crippen LogP contribution in [0.2, 0.25) is 0 Å². The predicted molar refractivity (Wildman–Crippen MR) is 101 cm³/mol. The maximum Gasteiger partial charge on any atom is 0.428 e. The topological polar surface area (TPSA) is 136 Å². The van der Waals surface area contributed by atoms with Gasteiger partial charge in [0.2, 0.25) is 9.84 Å². The Labute approximate surface area is 162 Å². The van der Waals surface area contributed by atoms with E-state index >= 15 is 0 Å². The number of non-ortho nitro benzene ring substituents is 1. The van der Waals surface area contributed by atoms with Crippen molar-refractivity contribution in [2.75, 3.05) is 5.01 Å². The molecule has 0 saturated carbocycles. The lowest BCUT2D eigenvalue weighted by molar-refractivity contribution is -0.385. The van der Waals surface area contributed by atoms with Crippen molar-refractivity contribution in [2.45, 2.75) is 56.4 Å². The van der Waals surface area contributed by atoms with E-state index in [1.165, 1.54) is 18.2 Å². The van der Waals surface area contributed by atoms with Crippen LogP contribution in [0.1, 0.15) is 39.1 Å². The van der Waals surface area contributed by atoms with Crippen LogP contribution in [-0.2, 0) is 22.7 Å². The van der Waals surface area contributed by atoms with E-state index in [9.17, 15) is 28.4 Å². The fourth-order valence-electron chi connectivity index (χ4n) is 2.90. The van der Waals surface area contributed by atoms with Crippen LogP contribution in [0.15, 0.2) is 34.1 Å². The number of hydrogen-bond acceptors (Lipinski definition) is 6. The minimum atomic E-state index is -4.15. The second-order valence-electron chi connectivity index (χ2n) is 6.30. The van der Waals surface area contributed by atoms with Crippen LogP contribution in [0.3, 0.4) is 0 Å². The van der Waals surface area contributed by atoms with Gasteiger partial charge in [-0.25, -0.2) is 13.2 Å². The first kappa shape index (κ1) is 21.4. The summed E-state index contributed by atoms with van der Waals surface area (Å²) >= 11 is 0. The lowest BCUT2D eigenvalue weighted by Gasteiger charge is -2.24. The molecule has 11 heteroatoms. The zero-order valence-electron chi connectivity index (χ0n) is 16.0. The van der Waals surface area contributed by atoms with Crippen LogP contribution >= 0.6 is 0 Å². The lowest BCUT2D eigenvalue weighted by Crippen LogP contribution is -2.46. The average Bonchev–Trinajstić information content (AvgIpc) is 3.00. The molecule has 1 heterocycles. The molecule has 0 fully saturated rings. The van der Waals surface area contributed by atoms with E-state index in [0.29, 0.717) is 0 Å². The fourth-order valence-corrected chi connectivity index (χ4v) is 4.70. The molecule has 0 spiro atoms. The molecule has 1 N–H and O–H groups in total. The number of nitro benzene ring substituents is 1. The van der Waals surface area contributed by atoms with Gasteiger partial charge in [0.15, 0.2) is 0 Å². The van der Waals surface area contributed by atoms with Gasteiger partial charge in [-0.1, -0.05) is 19.9 Å². The van der Waals surface area contributed by atoms with Crippen molar-refractivity contribution in [3.63, 3.8) is 0 Å². The van der Waals surface area contributed by atoms with Gasteiger partial charge in [0.1, 0.15) is 4.90 Å². The number of nitrogens with zero attached hydrogens (tertiary/aromatic N) is 4. The lowest BCUT2D eigenvalue weighted by atomic mass is 10.2. The molecule has 0 saturated heterocycles. The summed E-state index contributed by atoms with van der Waals surface area (Å²) in [5, 5.41) is 25.8. The van der Waals surface area contributed by atoms with Crippen LogP contribution in [0.4, 0.5) is 10.5 Å². The van der Waals surface area contributed by atoms with Crippen LogP contribution in [0, 0.1) is 10.1 Å². The van der Waals surface area contributed by atoms with E-state index in [4.69, 9.17) is 0 Å². The van der Waals surface area contributed by atoms with Gasteiger partial charge in [0, 0.05) is 12.1 Å². The normalized spacial score (nSPS) is 11.6. The van der Waals surface area contributed by atoms with Gasteiger partial charge in [-0.05, 0) is 32.8 Å². The highest BCUT2D eigenvalue weighted by Crippen LogP contribution is 2.30. The van der Waals surface area contributed by atoms with E-state index in [0.717, 1.165) is 15.9 Å². The van der Waals surface area contributed by atoms with Crippen molar-refractivity contribution in [3.8, 4) is 0 Å². The number of nitro groups is 1. The van der Waals surface area contributed by atoms with Gasteiger partial charge in [0.25, 0.3) is 5.69 Å². The van der Waals surface area contributed by atoms with Crippen LogP contribution < -0.4 is 5.01 Å². The van der Waals surface area contributed by atoms with E-state index < -0.39 is 26.9 Å². The number of carboxylic acid groups (broad SMARTS) is 1. The number of benzene rings is 1. The number of sulfone groups is 1. The number of hydrogen-bond donors (Lipinski definition) is 1. The Morgan fingerprint density at radius 2 is 1.96 bits per heavy atom. The zero-order valence-corrected chi connectivity index (χ0v) is 16.8. The summed E-state index contributed by atoms with van der Waals surface area (Å²) in [6.45, 7) is 6.70. The first-order valence-corrected chi connectivity index (χ1v) is 10.2. The first-order valence-electron chi connectivity index (χ1n) is 8.68. The Kier molecular flexibility index (Phi) is 6.07. The van der Waals surface area contributed by atoms with Crippen molar-refractivity contribution in [3.05, 3.63) is 45.8 Å². The summed E-state index contributed by atoms with van der Waals surface area (Å²) in [4.78, 5) is 22.8. The standard InChI is InChI=1S/C17H22N4O6S/c1-5-14-16(15(6-2)20(18-14)19(11(3)4)17(22)23)28(26,27)13-9-7-8-12(10-13)21(24)25/h7-11H,5-6H2,1-4H3,(H,22,23). The Balaban J connectivity index is 2.79. The van der Waals surface area contributed by atoms with E-state index in [1.54, 1.807) is 27.7 Å². The Morgan fingerprint density at radius 1 is 1.32 bits per heavy atom. The smallest absolute Gasteiger partial charge is 0.428 e. The van der Waals surface area contributed by atoms with Crippen LogP contribution in [0.25, 0.3) is 0 Å². The Hall–Kier alpha value is -2.95. The molecule has 0 aliphatic carbocycles. The summed E-state index contributed by atoms with van der Waals surface area (Å²) in [6, 6.07) is 4.28. The molecule has 2 aromatic rings. The molecule has 0 bridgehead atoms. The zero-order chi connectivity index (χ0) is 21.2. The Morgan fingerprint density at radius 3 is 2.43 bits per heavy atom. The molecule has 0 aliphatic heterocycles. The van der Waals surface area contributed by atoms with Crippen molar-refractivity contribution >= 4 is 21.6 Å². The van der Waals surface area contributed by atoms with Gasteiger partial charge in [-0.2, -0.15) is 14.9 Å². The third-order valence-corrected chi connectivity index (χ3v) is 6.03. The maximum atomic E-state index is 13.3. The second-order valence-corrected chi connectivity index (χ2v) is 8.18. The molecule has 10 nitrogen and oxygen atoms in total. The van der Waals surface area contributed by atoms with E-state index in [-0.39, 0.29) is 39.7 Å². The van der Waals surface area contributed by atoms with Gasteiger partial charge in [-0.3, -0.25) is 10.1 Å². The predicted octanol–water partition coefficient (Wildman–Crippen LogP) is 2.77. The monoisotopic (exact) mass is 410 g/mol. The first-order chi connectivity index (χ1) is 13.1. The van der Waals surface area contributed by atoms with Gasteiger partial charge in [-0.15, -0.1) is 0 Å². The molecule has 152 valence electrons. The number of amides is 1.